The first-order valence-electron chi connectivity index (χ1n) is 5.33. The standard InChI is InChI=1S/C11H9F2N3O3S/c12-8-4-7(6-17)5-9(11(8)13)20(18,19)16-10-2-1-3-14-15-10/h1-5,17H,6H2,(H,15,16). The number of hydrogen-bond acceptors (Lipinski definition) is 5. The van der Waals surface area contributed by atoms with Gasteiger partial charge in [-0.2, -0.15) is 5.10 Å². The normalized spacial score (nSPS) is 11.3. The molecule has 2 N–H and O–H groups in total. The van der Waals surface area contributed by atoms with Gasteiger partial charge in [0.2, 0.25) is 0 Å². The van der Waals surface area contributed by atoms with Crippen LogP contribution in [0.5, 0.6) is 0 Å². The van der Waals surface area contributed by atoms with Gasteiger partial charge < -0.3 is 5.11 Å². The van der Waals surface area contributed by atoms with E-state index in [1.807, 2.05) is 4.72 Å². The maximum Gasteiger partial charge on any atom is 0.266 e. The van der Waals surface area contributed by atoms with Gasteiger partial charge in [-0.3, -0.25) is 4.72 Å². The molecule has 9 heteroatoms. The van der Waals surface area contributed by atoms with E-state index in [-0.39, 0.29) is 11.4 Å². The Kier molecular flexibility index (Phi) is 3.91. The summed E-state index contributed by atoms with van der Waals surface area (Å²) >= 11 is 0. The van der Waals surface area contributed by atoms with Crippen LogP contribution in [0.2, 0.25) is 0 Å². The minimum absolute atomic E-state index is 0.0663. The monoisotopic (exact) mass is 301 g/mol. The summed E-state index contributed by atoms with van der Waals surface area (Å²) in [4.78, 5) is -0.910. The van der Waals surface area contributed by atoms with Crippen molar-refractivity contribution in [2.75, 3.05) is 4.72 Å². The van der Waals surface area contributed by atoms with Crippen LogP contribution in [0, 0.1) is 11.6 Å². The van der Waals surface area contributed by atoms with Gasteiger partial charge >= 0.3 is 0 Å². The second kappa shape index (κ2) is 5.47. The molecule has 0 saturated heterocycles. The van der Waals surface area contributed by atoms with E-state index in [1.54, 1.807) is 0 Å². The highest BCUT2D eigenvalue weighted by molar-refractivity contribution is 7.92. The van der Waals surface area contributed by atoms with Crippen LogP contribution in [0.4, 0.5) is 14.6 Å². The van der Waals surface area contributed by atoms with Crippen molar-refractivity contribution in [2.24, 2.45) is 0 Å². The highest BCUT2D eigenvalue weighted by Crippen LogP contribution is 2.21. The molecule has 2 aromatic rings. The molecule has 0 aliphatic carbocycles. The van der Waals surface area contributed by atoms with Crippen molar-refractivity contribution in [3.8, 4) is 0 Å². The van der Waals surface area contributed by atoms with E-state index < -0.39 is 33.2 Å². The van der Waals surface area contributed by atoms with Crippen molar-refractivity contribution in [3.63, 3.8) is 0 Å². The topological polar surface area (TPSA) is 92.2 Å². The van der Waals surface area contributed by atoms with Crippen molar-refractivity contribution < 1.29 is 22.3 Å². The molecule has 106 valence electrons. The summed E-state index contributed by atoms with van der Waals surface area (Å²) in [5.41, 5.74) is -0.0663. The molecule has 0 aliphatic heterocycles. The molecule has 0 bridgehead atoms. The van der Waals surface area contributed by atoms with E-state index in [4.69, 9.17) is 5.11 Å². The Bertz CT molecular complexity index is 723. The van der Waals surface area contributed by atoms with Crippen molar-refractivity contribution >= 4 is 15.8 Å². The number of aromatic nitrogens is 2. The summed E-state index contributed by atoms with van der Waals surface area (Å²) in [6.07, 6.45) is 1.32. The van der Waals surface area contributed by atoms with Gasteiger partial charge in [-0.1, -0.05) is 0 Å². The van der Waals surface area contributed by atoms with Crippen molar-refractivity contribution in [2.45, 2.75) is 11.5 Å². The summed E-state index contributed by atoms with van der Waals surface area (Å²) < 4.78 is 52.8. The second-order valence-electron chi connectivity index (χ2n) is 3.76. The fourth-order valence-corrected chi connectivity index (χ4v) is 2.59. The Morgan fingerprint density at radius 1 is 1.30 bits per heavy atom. The van der Waals surface area contributed by atoms with Gasteiger partial charge in [-0.05, 0) is 29.8 Å². The van der Waals surface area contributed by atoms with Crippen molar-refractivity contribution in [1.29, 1.82) is 0 Å². The summed E-state index contributed by atoms with van der Waals surface area (Å²) in [5, 5.41) is 15.8. The average molecular weight is 301 g/mol. The van der Waals surface area contributed by atoms with Crippen LogP contribution in [0.25, 0.3) is 0 Å². The van der Waals surface area contributed by atoms with Crippen molar-refractivity contribution in [1.82, 2.24) is 10.2 Å². The summed E-state index contributed by atoms with van der Waals surface area (Å²) in [6.45, 7) is -0.620. The van der Waals surface area contributed by atoms with Gasteiger partial charge in [0.1, 0.15) is 4.90 Å². The first-order chi connectivity index (χ1) is 9.44. The Labute approximate surface area is 113 Å². The predicted octanol–water partition coefficient (Wildman–Crippen LogP) is 1.05. The van der Waals surface area contributed by atoms with Gasteiger partial charge in [0, 0.05) is 6.20 Å². The highest BCUT2D eigenvalue weighted by atomic mass is 32.2. The fourth-order valence-electron chi connectivity index (χ4n) is 1.45. The third kappa shape index (κ3) is 2.89. The number of rotatable bonds is 4. The lowest BCUT2D eigenvalue weighted by Crippen LogP contribution is -2.17. The van der Waals surface area contributed by atoms with Gasteiger partial charge in [-0.25, -0.2) is 17.2 Å². The summed E-state index contributed by atoms with van der Waals surface area (Å²) in [5.74, 6) is -3.03. The maximum absolute atomic E-state index is 13.6. The quantitative estimate of drug-likeness (QED) is 0.880. The number of hydrogen-bond donors (Lipinski definition) is 2. The molecule has 0 unspecified atom stereocenters. The molecule has 0 aliphatic rings. The van der Waals surface area contributed by atoms with Gasteiger partial charge in [0.15, 0.2) is 17.5 Å². The van der Waals surface area contributed by atoms with Gasteiger partial charge in [0.05, 0.1) is 6.61 Å². The maximum atomic E-state index is 13.6. The van der Waals surface area contributed by atoms with E-state index >= 15 is 0 Å². The first-order valence-corrected chi connectivity index (χ1v) is 6.81. The molecular formula is C11H9F2N3O3S. The molecule has 6 nitrogen and oxygen atoms in total. The van der Waals surface area contributed by atoms with E-state index in [9.17, 15) is 17.2 Å². The zero-order chi connectivity index (χ0) is 14.8. The number of anilines is 1. The number of aliphatic hydroxyl groups is 1. The van der Waals surface area contributed by atoms with Crippen LogP contribution in [-0.2, 0) is 16.6 Å². The number of halogens is 2. The number of aliphatic hydroxyl groups excluding tert-OH is 1. The Balaban J connectivity index is 2.47. The number of benzene rings is 1. The first kappa shape index (κ1) is 14.3. The average Bonchev–Trinajstić information content (AvgIpc) is 2.42. The van der Waals surface area contributed by atoms with Gasteiger partial charge in [-0.15, -0.1) is 5.10 Å². The predicted molar refractivity (Wildman–Crippen MR) is 65.1 cm³/mol. The summed E-state index contributed by atoms with van der Waals surface area (Å²) in [6, 6.07) is 4.29. The lowest BCUT2D eigenvalue weighted by Gasteiger charge is -2.09. The van der Waals surface area contributed by atoms with Crippen LogP contribution in [0.3, 0.4) is 0 Å². The fraction of sp³-hybridized carbons (Fsp3) is 0.0909. The number of nitrogens with one attached hydrogen (secondary N) is 1. The lowest BCUT2D eigenvalue weighted by molar-refractivity contribution is 0.280. The van der Waals surface area contributed by atoms with E-state index in [0.29, 0.717) is 0 Å². The minimum atomic E-state index is -4.38. The number of sulfonamides is 1. The van der Waals surface area contributed by atoms with E-state index in [2.05, 4.69) is 10.2 Å². The van der Waals surface area contributed by atoms with Crippen LogP contribution >= 0.6 is 0 Å². The van der Waals surface area contributed by atoms with Crippen LogP contribution in [0.1, 0.15) is 5.56 Å². The molecule has 1 aromatic heterocycles. The zero-order valence-electron chi connectivity index (χ0n) is 9.92. The van der Waals surface area contributed by atoms with Gasteiger partial charge in [0.25, 0.3) is 10.0 Å². The minimum Gasteiger partial charge on any atom is -0.392 e. The lowest BCUT2D eigenvalue weighted by atomic mass is 10.2. The van der Waals surface area contributed by atoms with Crippen molar-refractivity contribution in [3.05, 3.63) is 47.7 Å². The zero-order valence-corrected chi connectivity index (χ0v) is 10.7. The van der Waals surface area contributed by atoms with Crippen LogP contribution in [0.15, 0.2) is 35.4 Å². The largest absolute Gasteiger partial charge is 0.392 e. The Morgan fingerprint density at radius 3 is 2.65 bits per heavy atom. The second-order valence-corrected chi connectivity index (χ2v) is 5.41. The molecular weight excluding hydrogens is 292 g/mol. The molecule has 0 saturated carbocycles. The number of nitrogens with zero attached hydrogens (tertiary/aromatic N) is 2. The SMILES string of the molecule is O=S(=O)(Nc1cccnn1)c1cc(CO)cc(F)c1F. The molecule has 20 heavy (non-hydrogen) atoms. The third-order valence-electron chi connectivity index (χ3n) is 2.34. The molecule has 0 fully saturated rings. The molecule has 1 aromatic carbocycles. The molecule has 0 atom stereocenters. The van der Waals surface area contributed by atoms with Crippen LogP contribution < -0.4 is 4.72 Å². The third-order valence-corrected chi connectivity index (χ3v) is 3.69. The molecule has 0 amide bonds. The summed E-state index contributed by atoms with van der Waals surface area (Å²) in [7, 11) is -4.38. The highest BCUT2D eigenvalue weighted by Gasteiger charge is 2.23. The molecule has 0 spiro atoms. The van der Waals surface area contributed by atoms with E-state index in [0.717, 1.165) is 12.1 Å². The van der Waals surface area contributed by atoms with E-state index in [1.165, 1.54) is 18.3 Å². The smallest absolute Gasteiger partial charge is 0.266 e. The van der Waals surface area contributed by atoms with Crippen LogP contribution in [-0.4, -0.2) is 23.7 Å². The Hall–Kier alpha value is -2.13. The Morgan fingerprint density at radius 2 is 2.05 bits per heavy atom. The molecule has 0 radical (unpaired) electrons. The molecule has 2 rings (SSSR count). The molecule has 1 heterocycles.